The Hall–Kier alpha value is -3.27. The van der Waals surface area contributed by atoms with Gasteiger partial charge in [0, 0.05) is 19.7 Å². The monoisotopic (exact) mass is 463 g/mol. The van der Waals surface area contributed by atoms with E-state index in [1.54, 1.807) is 13.0 Å². The van der Waals surface area contributed by atoms with Gasteiger partial charge in [-0.2, -0.15) is 0 Å². The van der Waals surface area contributed by atoms with Crippen LogP contribution in [0.1, 0.15) is 12.5 Å². The van der Waals surface area contributed by atoms with E-state index in [9.17, 15) is 18.0 Å². The first-order valence-corrected chi connectivity index (χ1v) is 11.7. The molecule has 1 N–H and O–H groups in total. The third-order valence-corrected chi connectivity index (χ3v) is 6.08. The fourth-order valence-electron chi connectivity index (χ4n) is 3.17. The average Bonchev–Trinajstić information content (AvgIpc) is 2.79. The molecule has 2 aromatic carbocycles. The molecule has 0 unspecified atom stereocenters. The van der Waals surface area contributed by atoms with Crippen molar-refractivity contribution in [3.63, 3.8) is 0 Å². The normalized spacial score (nSPS) is 11.9. The summed E-state index contributed by atoms with van der Waals surface area (Å²) in [6, 6.07) is 12.9. The van der Waals surface area contributed by atoms with Crippen molar-refractivity contribution < 1.29 is 27.5 Å². The van der Waals surface area contributed by atoms with Gasteiger partial charge in [-0.05, 0) is 24.6 Å². The Kier molecular flexibility index (Phi) is 8.48. The number of rotatable bonds is 10. The van der Waals surface area contributed by atoms with Gasteiger partial charge in [-0.25, -0.2) is 8.42 Å². The summed E-state index contributed by atoms with van der Waals surface area (Å²) in [5.74, 6) is -0.127. The van der Waals surface area contributed by atoms with E-state index >= 15 is 0 Å². The number of sulfonamides is 1. The number of amides is 2. The number of carbonyl (C=O) groups excluding carboxylic acids is 2. The number of hydrogen-bond donors (Lipinski definition) is 1. The number of nitrogens with one attached hydrogen (secondary N) is 1. The van der Waals surface area contributed by atoms with Crippen molar-refractivity contribution in [3.05, 3.63) is 54.1 Å². The predicted octanol–water partition coefficient (Wildman–Crippen LogP) is 1.63. The summed E-state index contributed by atoms with van der Waals surface area (Å²) in [5, 5.41) is 2.53. The lowest BCUT2D eigenvalue weighted by Gasteiger charge is -2.31. The highest BCUT2D eigenvalue weighted by molar-refractivity contribution is 7.92. The van der Waals surface area contributed by atoms with Crippen molar-refractivity contribution in [3.8, 4) is 11.5 Å². The maximum absolute atomic E-state index is 13.3. The van der Waals surface area contributed by atoms with E-state index in [0.717, 1.165) is 16.1 Å². The molecule has 1 atom stereocenters. The molecule has 0 spiro atoms. The fraction of sp³-hybridized carbons (Fsp3) is 0.364. The molecule has 0 aliphatic rings. The molecule has 0 saturated heterocycles. The number of hydrogen-bond acceptors (Lipinski definition) is 6. The van der Waals surface area contributed by atoms with Crippen LogP contribution in [0.15, 0.2) is 48.5 Å². The number of carbonyl (C=O) groups is 2. The molecule has 0 radical (unpaired) electrons. The molecule has 32 heavy (non-hydrogen) atoms. The van der Waals surface area contributed by atoms with Gasteiger partial charge in [-0.15, -0.1) is 0 Å². The predicted molar refractivity (Wildman–Crippen MR) is 122 cm³/mol. The molecule has 0 aromatic heterocycles. The zero-order valence-corrected chi connectivity index (χ0v) is 19.7. The van der Waals surface area contributed by atoms with Crippen LogP contribution in [0.3, 0.4) is 0 Å². The van der Waals surface area contributed by atoms with Crippen LogP contribution in [0, 0.1) is 0 Å². The largest absolute Gasteiger partial charge is 0.493 e. The highest BCUT2D eigenvalue weighted by Crippen LogP contribution is 2.32. The first-order chi connectivity index (χ1) is 15.1. The van der Waals surface area contributed by atoms with Crippen molar-refractivity contribution >= 4 is 27.5 Å². The van der Waals surface area contributed by atoms with Crippen LogP contribution in [0.2, 0.25) is 0 Å². The van der Waals surface area contributed by atoms with Crippen molar-refractivity contribution in [2.24, 2.45) is 0 Å². The molecule has 2 rings (SSSR count). The quantitative estimate of drug-likeness (QED) is 0.574. The molecular formula is C22H29N3O6S. The van der Waals surface area contributed by atoms with E-state index in [0.29, 0.717) is 11.5 Å². The topological polar surface area (TPSA) is 105 Å². The first-order valence-electron chi connectivity index (χ1n) is 9.87. The van der Waals surface area contributed by atoms with Crippen LogP contribution in [0.4, 0.5) is 5.69 Å². The highest BCUT2D eigenvalue weighted by Gasteiger charge is 2.30. The van der Waals surface area contributed by atoms with Crippen molar-refractivity contribution in [1.29, 1.82) is 0 Å². The number of benzene rings is 2. The molecule has 174 valence electrons. The molecule has 0 aliphatic heterocycles. The summed E-state index contributed by atoms with van der Waals surface area (Å²) in [7, 11) is 0.560. The van der Waals surface area contributed by atoms with Crippen LogP contribution >= 0.6 is 0 Å². The average molecular weight is 464 g/mol. The summed E-state index contributed by atoms with van der Waals surface area (Å²) < 4.78 is 36.6. The van der Waals surface area contributed by atoms with Crippen LogP contribution in [-0.4, -0.2) is 65.2 Å². The molecular weight excluding hydrogens is 434 g/mol. The molecule has 0 fully saturated rings. The molecule has 0 heterocycles. The zero-order valence-electron chi connectivity index (χ0n) is 18.9. The number of ether oxygens (including phenoxy) is 2. The molecule has 0 aliphatic carbocycles. The van der Waals surface area contributed by atoms with Gasteiger partial charge in [0.2, 0.25) is 21.8 Å². The van der Waals surface area contributed by atoms with E-state index < -0.39 is 28.5 Å². The highest BCUT2D eigenvalue weighted by atomic mass is 32.2. The lowest BCUT2D eigenvalue weighted by atomic mass is 10.1. The molecule has 9 nitrogen and oxygen atoms in total. The summed E-state index contributed by atoms with van der Waals surface area (Å²) in [6.45, 7) is 1.27. The van der Waals surface area contributed by atoms with Gasteiger partial charge in [-0.3, -0.25) is 13.9 Å². The lowest BCUT2D eigenvalue weighted by Crippen LogP contribution is -2.50. The molecule has 0 bridgehead atoms. The second kappa shape index (κ2) is 10.9. The second-order valence-electron chi connectivity index (χ2n) is 7.11. The number of methoxy groups -OCH3 is 2. The first kappa shape index (κ1) is 25.0. The van der Waals surface area contributed by atoms with E-state index in [4.69, 9.17) is 9.47 Å². The Morgan fingerprint density at radius 2 is 1.66 bits per heavy atom. The molecule has 0 saturated carbocycles. The van der Waals surface area contributed by atoms with Crippen LogP contribution in [0.25, 0.3) is 0 Å². The van der Waals surface area contributed by atoms with Crippen molar-refractivity contribution in [1.82, 2.24) is 10.2 Å². The summed E-state index contributed by atoms with van der Waals surface area (Å²) in [6.07, 6.45) is 1.01. The Morgan fingerprint density at radius 1 is 1.03 bits per heavy atom. The molecule has 10 heteroatoms. The van der Waals surface area contributed by atoms with Gasteiger partial charge < -0.3 is 19.7 Å². The van der Waals surface area contributed by atoms with E-state index in [2.05, 4.69) is 5.32 Å². The summed E-state index contributed by atoms with van der Waals surface area (Å²) in [5.41, 5.74) is 1.05. The maximum atomic E-state index is 13.3. The van der Waals surface area contributed by atoms with Gasteiger partial charge in [0.1, 0.15) is 12.6 Å². The van der Waals surface area contributed by atoms with Gasteiger partial charge in [0.05, 0.1) is 26.2 Å². The van der Waals surface area contributed by atoms with Gasteiger partial charge in [0.15, 0.2) is 11.5 Å². The van der Waals surface area contributed by atoms with Gasteiger partial charge in [0.25, 0.3) is 0 Å². The Morgan fingerprint density at radius 3 is 2.19 bits per heavy atom. The van der Waals surface area contributed by atoms with Gasteiger partial charge in [-0.1, -0.05) is 30.3 Å². The standard InChI is InChI=1S/C22H29N3O6S/c1-16(22(27)23-2)24(14-17-9-7-6-8-10-17)21(26)15-25(32(5,28)29)18-11-12-19(30-3)20(13-18)31-4/h6-13,16H,14-15H2,1-5H3,(H,23,27)/t16-/m0/s1. The number of anilines is 1. The number of nitrogens with zero attached hydrogens (tertiary/aromatic N) is 2. The summed E-state index contributed by atoms with van der Waals surface area (Å²) in [4.78, 5) is 26.9. The smallest absolute Gasteiger partial charge is 0.244 e. The Bertz CT molecular complexity index is 1040. The van der Waals surface area contributed by atoms with Crippen LogP contribution in [0.5, 0.6) is 11.5 Å². The van der Waals surface area contributed by atoms with Crippen LogP contribution in [-0.2, 0) is 26.2 Å². The minimum Gasteiger partial charge on any atom is -0.493 e. The fourth-order valence-corrected chi connectivity index (χ4v) is 4.01. The van der Waals surface area contributed by atoms with Crippen molar-refractivity contribution in [2.75, 3.05) is 38.4 Å². The number of likely N-dealkylation sites (N-methyl/N-ethyl adjacent to an activating group) is 1. The Balaban J connectivity index is 2.41. The Labute approximate surface area is 189 Å². The third kappa shape index (κ3) is 6.13. The minimum atomic E-state index is -3.83. The van der Waals surface area contributed by atoms with E-state index in [-0.39, 0.29) is 18.1 Å². The van der Waals surface area contributed by atoms with Gasteiger partial charge >= 0.3 is 0 Å². The van der Waals surface area contributed by atoms with Crippen molar-refractivity contribution in [2.45, 2.75) is 19.5 Å². The zero-order chi connectivity index (χ0) is 23.9. The van der Waals surface area contributed by atoms with E-state index in [1.807, 2.05) is 30.3 Å². The van der Waals surface area contributed by atoms with Crippen LogP contribution < -0.4 is 19.1 Å². The SMILES string of the molecule is CNC(=O)[C@H](C)N(Cc1ccccc1)C(=O)CN(c1ccc(OC)c(OC)c1)S(C)(=O)=O. The second-order valence-corrected chi connectivity index (χ2v) is 9.01. The lowest BCUT2D eigenvalue weighted by molar-refractivity contribution is -0.139. The third-order valence-electron chi connectivity index (χ3n) is 4.94. The molecule has 2 amide bonds. The maximum Gasteiger partial charge on any atom is 0.244 e. The molecule has 2 aromatic rings. The minimum absolute atomic E-state index is 0.151. The summed E-state index contributed by atoms with van der Waals surface area (Å²) >= 11 is 0. The van der Waals surface area contributed by atoms with E-state index in [1.165, 1.54) is 38.3 Å².